The number of nitrogens with zero attached hydrogens (tertiary/aromatic N) is 2. The van der Waals surface area contributed by atoms with Crippen molar-refractivity contribution in [3.8, 4) is 6.07 Å². The molecule has 1 aromatic carbocycles. The quantitative estimate of drug-likeness (QED) is 0.502. The van der Waals surface area contributed by atoms with Gasteiger partial charge in [-0.1, -0.05) is 35.7 Å². The number of fused-ring (bicyclic) bond motifs is 1. The van der Waals surface area contributed by atoms with Crippen molar-refractivity contribution in [2.75, 3.05) is 11.1 Å². The summed E-state index contributed by atoms with van der Waals surface area (Å²) >= 11 is 13.5. The molecular formula is C20H19Cl2N3OS. The SMILES string of the molecule is N#Cc1cc2c(nc1SCCC(=O)Nc1cccc(Cl)c1Cl)CCCCC2. The molecule has 3 rings (SSSR count). The van der Waals surface area contributed by atoms with Crippen molar-refractivity contribution < 1.29 is 4.79 Å². The largest absolute Gasteiger partial charge is 0.325 e. The number of carbonyl (C=O) groups excluding carboxylic acids is 1. The number of amides is 1. The smallest absolute Gasteiger partial charge is 0.225 e. The van der Waals surface area contributed by atoms with Crippen molar-refractivity contribution in [3.05, 3.63) is 51.1 Å². The standard InChI is InChI=1S/C20H19Cl2N3OS/c21-15-6-4-8-17(19(15)22)24-18(26)9-10-27-20-14(12-23)11-13-5-2-1-3-7-16(13)25-20/h4,6,8,11H,1-3,5,7,9-10H2,(H,24,26). The summed E-state index contributed by atoms with van der Waals surface area (Å²) in [6.07, 6.45) is 5.73. The number of halogens is 2. The van der Waals surface area contributed by atoms with Gasteiger partial charge in [0.2, 0.25) is 5.91 Å². The van der Waals surface area contributed by atoms with Crippen molar-refractivity contribution >= 4 is 46.6 Å². The van der Waals surface area contributed by atoms with Gasteiger partial charge in [-0.15, -0.1) is 11.8 Å². The molecule has 1 N–H and O–H groups in total. The molecule has 7 heteroatoms. The number of nitrogens with one attached hydrogen (secondary N) is 1. The first-order valence-electron chi connectivity index (χ1n) is 8.88. The van der Waals surface area contributed by atoms with Crippen molar-refractivity contribution in [2.45, 2.75) is 43.6 Å². The molecule has 27 heavy (non-hydrogen) atoms. The number of rotatable bonds is 5. The summed E-state index contributed by atoms with van der Waals surface area (Å²) in [6, 6.07) is 9.33. The van der Waals surface area contributed by atoms with E-state index in [1.165, 1.54) is 23.7 Å². The van der Waals surface area contributed by atoms with Gasteiger partial charge in [0.25, 0.3) is 0 Å². The highest BCUT2D eigenvalue weighted by atomic mass is 35.5. The van der Waals surface area contributed by atoms with Gasteiger partial charge < -0.3 is 5.32 Å². The van der Waals surface area contributed by atoms with E-state index in [-0.39, 0.29) is 12.3 Å². The maximum absolute atomic E-state index is 12.2. The second-order valence-corrected chi connectivity index (χ2v) is 8.24. The zero-order valence-corrected chi connectivity index (χ0v) is 17.1. The van der Waals surface area contributed by atoms with Gasteiger partial charge in [-0.05, 0) is 49.4 Å². The Bertz CT molecular complexity index is 896. The summed E-state index contributed by atoms with van der Waals surface area (Å²) < 4.78 is 0. The Hall–Kier alpha value is -1.74. The van der Waals surface area contributed by atoms with Crippen molar-refractivity contribution in [2.24, 2.45) is 0 Å². The van der Waals surface area contributed by atoms with Crippen LogP contribution < -0.4 is 5.32 Å². The molecule has 1 aliphatic carbocycles. The fourth-order valence-electron chi connectivity index (χ4n) is 3.04. The third-order valence-electron chi connectivity index (χ3n) is 4.43. The lowest BCUT2D eigenvalue weighted by Crippen LogP contribution is -2.12. The number of hydrogen-bond donors (Lipinski definition) is 1. The minimum Gasteiger partial charge on any atom is -0.325 e. The first-order chi connectivity index (χ1) is 13.1. The lowest BCUT2D eigenvalue weighted by atomic mass is 10.1. The molecule has 0 aliphatic heterocycles. The van der Waals surface area contributed by atoms with E-state index in [9.17, 15) is 10.1 Å². The van der Waals surface area contributed by atoms with Gasteiger partial charge in [-0.2, -0.15) is 5.26 Å². The van der Waals surface area contributed by atoms with E-state index in [4.69, 9.17) is 28.2 Å². The van der Waals surface area contributed by atoms with E-state index in [1.54, 1.807) is 18.2 Å². The van der Waals surface area contributed by atoms with Crippen LogP contribution in [-0.4, -0.2) is 16.6 Å². The van der Waals surface area contributed by atoms with E-state index >= 15 is 0 Å². The van der Waals surface area contributed by atoms with Gasteiger partial charge in [-0.25, -0.2) is 4.98 Å². The van der Waals surface area contributed by atoms with Gasteiger partial charge in [0.1, 0.15) is 11.1 Å². The van der Waals surface area contributed by atoms with Gasteiger partial charge in [0.15, 0.2) is 0 Å². The Balaban J connectivity index is 1.61. The molecule has 0 saturated heterocycles. The zero-order valence-electron chi connectivity index (χ0n) is 14.7. The molecular weight excluding hydrogens is 401 g/mol. The average molecular weight is 420 g/mol. The van der Waals surface area contributed by atoms with E-state index < -0.39 is 0 Å². The fraction of sp³-hybridized carbons (Fsp3) is 0.350. The van der Waals surface area contributed by atoms with Crippen molar-refractivity contribution in [3.63, 3.8) is 0 Å². The molecule has 1 amide bonds. The monoisotopic (exact) mass is 419 g/mol. The molecule has 0 bridgehead atoms. The topological polar surface area (TPSA) is 65.8 Å². The lowest BCUT2D eigenvalue weighted by molar-refractivity contribution is -0.115. The number of aromatic nitrogens is 1. The van der Waals surface area contributed by atoms with Gasteiger partial charge >= 0.3 is 0 Å². The summed E-state index contributed by atoms with van der Waals surface area (Å²) in [5.74, 6) is 0.379. The third kappa shape index (κ3) is 5.16. The molecule has 2 aromatic rings. The maximum atomic E-state index is 12.2. The molecule has 0 unspecified atom stereocenters. The van der Waals surface area contributed by atoms with Crippen LogP contribution in [0.15, 0.2) is 29.3 Å². The van der Waals surface area contributed by atoms with E-state index in [0.717, 1.165) is 31.4 Å². The van der Waals surface area contributed by atoms with Crippen LogP contribution in [0.2, 0.25) is 10.0 Å². The van der Waals surface area contributed by atoms with Crippen LogP contribution in [0.25, 0.3) is 0 Å². The van der Waals surface area contributed by atoms with Gasteiger partial charge in [-0.3, -0.25) is 4.79 Å². The van der Waals surface area contributed by atoms with Crippen molar-refractivity contribution in [1.82, 2.24) is 4.98 Å². The number of anilines is 1. The Morgan fingerprint density at radius 3 is 2.89 bits per heavy atom. The number of hydrogen-bond acceptors (Lipinski definition) is 4. The first kappa shape index (κ1) is 20.0. The molecule has 1 aliphatic rings. The summed E-state index contributed by atoms with van der Waals surface area (Å²) in [7, 11) is 0. The molecule has 1 aromatic heterocycles. The Morgan fingerprint density at radius 1 is 1.26 bits per heavy atom. The third-order valence-corrected chi connectivity index (χ3v) is 6.24. The van der Waals surface area contributed by atoms with Crippen molar-refractivity contribution in [1.29, 1.82) is 5.26 Å². The molecule has 0 fully saturated rings. The zero-order chi connectivity index (χ0) is 19.2. The lowest BCUT2D eigenvalue weighted by Gasteiger charge is -2.10. The highest BCUT2D eigenvalue weighted by Crippen LogP contribution is 2.30. The van der Waals surface area contributed by atoms with Gasteiger partial charge in [0.05, 0.1) is 21.3 Å². The molecule has 0 spiro atoms. The molecule has 0 atom stereocenters. The summed E-state index contributed by atoms with van der Waals surface area (Å²) in [4.78, 5) is 16.9. The average Bonchev–Trinajstić information content (AvgIpc) is 2.89. The number of carbonyl (C=O) groups is 1. The molecule has 1 heterocycles. The predicted octanol–water partition coefficient (Wildman–Crippen LogP) is 5.65. The number of pyridine rings is 1. The minimum absolute atomic E-state index is 0.153. The normalized spacial score (nSPS) is 13.4. The molecule has 0 radical (unpaired) electrons. The van der Waals surface area contributed by atoms with Crippen LogP contribution in [0.5, 0.6) is 0 Å². The summed E-state index contributed by atoms with van der Waals surface area (Å²) in [6.45, 7) is 0. The second kappa shape index (κ2) is 9.45. The Morgan fingerprint density at radius 2 is 2.07 bits per heavy atom. The van der Waals surface area contributed by atoms with Crippen LogP contribution in [0.3, 0.4) is 0 Å². The van der Waals surface area contributed by atoms with Gasteiger partial charge in [0, 0.05) is 17.9 Å². The number of benzene rings is 1. The Labute approximate surface area is 173 Å². The summed E-state index contributed by atoms with van der Waals surface area (Å²) in [5, 5.41) is 13.7. The van der Waals surface area contributed by atoms with Crippen LogP contribution in [0.4, 0.5) is 5.69 Å². The van der Waals surface area contributed by atoms with E-state index in [1.807, 2.05) is 6.07 Å². The number of thioether (sulfide) groups is 1. The molecule has 0 saturated carbocycles. The van der Waals surface area contributed by atoms with E-state index in [0.29, 0.717) is 32.1 Å². The van der Waals surface area contributed by atoms with Crippen LogP contribution in [0, 0.1) is 11.3 Å². The molecule has 140 valence electrons. The van der Waals surface area contributed by atoms with Crippen LogP contribution in [-0.2, 0) is 17.6 Å². The highest BCUT2D eigenvalue weighted by Gasteiger charge is 2.15. The minimum atomic E-state index is -0.153. The summed E-state index contributed by atoms with van der Waals surface area (Å²) in [5.41, 5.74) is 3.39. The first-order valence-corrected chi connectivity index (χ1v) is 10.6. The maximum Gasteiger partial charge on any atom is 0.225 e. The van der Waals surface area contributed by atoms with E-state index in [2.05, 4.69) is 11.4 Å². The number of aryl methyl sites for hydroxylation is 2. The fourth-order valence-corrected chi connectivity index (χ4v) is 4.30. The van der Waals surface area contributed by atoms with Crippen LogP contribution in [0.1, 0.15) is 42.5 Å². The second-order valence-electron chi connectivity index (χ2n) is 6.37. The van der Waals surface area contributed by atoms with Crippen LogP contribution >= 0.6 is 35.0 Å². The molecule has 4 nitrogen and oxygen atoms in total. The predicted molar refractivity (Wildman–Crippen MR) is 111 cm³/mol. The Kier molecular flexibility index (Phi) is 7.01. The number of nitriles is 1. The highest BCUT2D eigenvalue weighted by molar-refractivity contribution is 7.99.